The maximum Gasteiger partial charge on any atom is 0.137 e. The molecule has 5 heteroatoms. The Hall–Kier alpha value is -1.00. The zero-order chi connectivity index (χ0) is 13.3. The van der Waals surface area contributed by atoms with E-state index in [-0.39, 0.29) is 0 Å². The third-order valence-corrected chi connectivity index (χ3v) is 3.96. The number of imidazole rings is 1. The van der Waals surface area contributed by atoms with Crippen molar-refractivity contribution in [2.24, 2.45) is 7.05 Å². The molecule has 0 N–H and O–H groups in total. The topological polar surface area (TPSA) is 27.1 Å². The van der Waals surface area contributed by atoms with Crippen LogP contribution in [0.3, 0.4) is 0 Å². The van der Waals surface area contributed by atoms with Crippen LogP contribution in [0.15, 0.2) is 22.8 Å². The largest absolute Gasteiger partial charge is 0.492 e. The van der Waals surface area contributed by atoms with Crippen LogP contribution in [-0.4, -0.2) is 16.2 Å². The Morgan fingerprint density at radius 3 is 2.67 bits per heavy atom. The minimum absolute atomic E-state index is 0.601. The predicted molar refractivity (Wildman–Crippen MR) is 77.3 cm³/mol. The van der Waals surface area contributed by atoms with Crippen LogP contribution in [0.5, 0.6) is 5.75 Å². The molecule has 2 aromatic rings. The molecule has 0 aliphatic heterocycles. The van der Waals surface area contributed by atoms with E-state index in [0.29, 0.717) is 17.4 Å². The summed E-state index contributed by atoms with van der Waals surface area (Å²) in [6, 6.07) is 5.71. The van der Waals surface area contributed by atoms with Gasteiger partial charge < -0.3 is 9.30 Å². The van der Waals surface area contributed by atoms with E-state index < -0.39 is 0 Å². The van der Waals surface area contributed by atoms with Crippen molar-refractivity contribution in [3.8, 4) is 17.0 Å². The summed E-state index contributed by atoms with van der Waals surface area (Å²) in [6.07, 6.45) is 0. The van der Waals surface area contributed by atoms with Gasteiger partial charge in [-0.15, -0.1) is 0 Å². The number of benzene rings is 1. The van der Waals surface area contributed by atoms with Crippen LogP contribution in [-0.2, 0) is 7.05 Å². The molecular formula is C13H14BrClN2O. The number of aryl methyl sites for hydroxylation is 1. The average Bonchev–Trinajstić information content (AvgIpc) is 2.60. The molecule has 0 saturated heterocycles. The van der Waals surface area contributed by atoms with Crippen molar-refractivity contribution in [2.75, 3.05) is 6.61 Å². The lowest BCUT2D eigenvalue weighted by Gasteiger charge is -2.07. The molecule has 1 heterocycles. The molecule has 0 aliphatic carbocycles. The van der Waals surface area contributed by atoms with Gasteiger partial charge in [0.15, 0.2) is 0 Å². The molecule has 0 atom stereocenters. The van der Waals surface area contributed by atoms with E-state index in [4.69, 9.17) is 16.3 Å². The van der Waals surface area contributed by atoms with Crippen LogP contribution in [0.25, 0.3) is 11.3 Å². The Labute approximate surface area is 120 Å². The van der Waals surface area contributed by atoms with Gasteiger partial charge in [-0.05, 0) is 48.0 Å². The van der Waals surface area contributed by atoms with Crippen LogP contribution < -0.4 is 4.74 Å². The van der Waals surface area contributed by atoms with Gasteiger partial charge in [-0.3, -0.25) is 0 Å². The highest BCUT2D eigenvalue weighted by Gasteiger charge is 2.13. The number of rotatable bonds is 3. The van der Waals surface area contributed by atoms with Gasteiger partial charge in [0.25, 0.3) is 0 Å². The summed E-state index contributed by atoms with van der Waals surface area (Å²) in [7, 11) is 1.96. The summed E-state index contributed by atoms with van der Waals surface area (Å²) in [5, 5.41) is 0.601. The highest BCUT2D eigenvalue weighted by atomic mass is 79.9. The SMILES string of the molecule is CCOc1ccc(-c2nc(C)n(C)c2Br)cc1Cl. The number of halogens is 2. The summed E-state index contributed by atoms with van der Waals surface area (Å²) >= 11 is 9.72. The minimum Gasteiger partial charge on any atom is -0.492 e. The molecule has 96 valence electrons. The van der Waals surface area contributed by atoms with Gasteiger partial charge in [-0.25, -0.2) is 4.98 Å². The van der Waals surface area contributed by atoms with Crippen LogP contribution in [0.4, 0.5) is 0 Å². The molecule has 0 bridgehead atoms. The fraction of sp³-hybridized carbons (Fsp3) is 0.308. The summed E-state index contributed by atoms with van der Waals surface area (Å²) in [5.74, 6) is 1.65. The van der Waals surface area contributed by atoms with Crippen LogP contribution in [0.1, 0.15) is 12.7 Å². The second-order valence-electron chi connectivity index (χ2n) is 3.94. The van der Waals surface area contributed by atoms with Gasteiger partial charge in [0.05, 0.1) is 11.6 Å². The molecule has 3 nitrogen and oxygen atoms in total. The number of ether oxygens (including phenoxy) is 1. The zero-order valence-electron chi connectivity index (χ0n) is 10.5. The molecule has 0 amide bonds. The van der Waals surface area contributed by atoms with E-state index >= 15 is 0 Å². The Bertz CT molecular complexity index is 581. The van der Waals surface area contributed by atoms with Crippen molar-refractivity contribution in [1.29, 1.82) is 0 Å². The molecule has 0 spiro atoms. The molecular weight excluding hydrogens is 316 g/mol. The minimum atomic E-state index is 0.601. The van der Waals surface area contributed by atoms with E-state index in [0.717, 1.165) is 21.7 Å². The smallest absolute Gasteiger partial charge is 0.137 e. The monoisotopic (exact) mass is 328 g/mol. The maximum absolute atomic E-state index is 6.18. The average molecular weight is 330 g/mol. The standard InChI is InChI=1S/C13H14BrClN2O/c1-4-18-11-6-5-9(7-10(11)15)12-13(14)17(3)8(2)16-12/h5-7H,4H2,1-3H3. The van der Waals surface area contributed by atoms with Crippen LogP contribution >= 0.6 is 27.5 Å². The van der Waals surface area contributed by atoms with Gasteiger partial charge in [0.1, 0.15) is 21.9 Å². The Morgan fingerprint density at radius 2 is 2.17 bits per heavy atom. The lowest BCUT2D eigenvalue weighted by atomic mass is 10.1. The first-order valence-corrected chi connectivity index (χ1v) is 6.83. The first-order valence-electron chi connectivity index (χ1n) is 5.66. The van der Waals surface area contributed by atoms with Gasteiger partial charge in [0.2, 0.25) is 0 Å². The van der Waals surface area contributed by atoms with Crippen LogP contribution in [0, 0.1) is 6.92 Å². The van der Waals surface area contributed by atoms with E-state index in [1.165, 1.54) is 0 Å². The lowest BCUT2D eigenvalue weighted by Crippen LogP contribution is -1.92. The first kappa shape index (κ1) is 13.4. The molecule has 1 aromatic carbocycles. The Kier molecular flexibility index (Phi) is 3.97. The summed E-state index contributed by atoms with van der Waals surface area (Å²) in [5.41, 5.74) is 1.86. The highest BCUT2D eigenvalue weighted by molar-refractivity contribution is 9.10. The molecule has 0 radical (unpaired) electrons. The molecule has 0 saturated carbocycles. The third-order valence-electron chi connectivity index (χ3n) is 2.75. The van der Waals surface area contributed by atoms with Gasteiger partial charge in [0, 0.05) is 12.6 Å². The van der Waals surface area contributed by atoms with Gasteiger partial charge >= 0.3 is 0 Å². The number of nitrogens with zero attached hydrogens (tertiary/aromatic N) is 2. The highest BCUT2D eigenvalue weighted by Crippen LogP contribution is 2.33. The summed E-state index contributed by atoms with van der Waals surface area (Å²) < 4.78 is 8.35. The quantitative estimate of drug-likeness (QED) is 0.843. The van der Waals surface area contributed by atoms with Crippen molar-refractivity contribution in [1.82, 2.24) is 9.55 Å². The molecule has 0 unspecified atom stereocenters. The van der Waals surface area contributed by atoms with E-state index in [9.17, 15) is 0 Å². The third kappa shape index (κ3) is 2.40. The van der Waals surface area contributed by atoms with Crippen molar-refractivity contribution < 1.29 is 4.74 Å². The molecule has 0 aliphatic rings. The first-order chi connectivity index (χ1) is 8.54. The number of hydrogen-bond acceptors (Lipinski definition) is 2. The van der Waals surface area contributed by atoms with E-state index in [1.54, 1.807) is 0 Å². The van der Waals surface area contributed by atoms with Gasteiger partial charge in [-0.1, -0.05) is 11.6 Å². The van der Waals surface area contributed by atoms with Gasteiger partial charge in [-0.2, -0.15) is 0 Å². The van der Waals surface area contributed by atoms with Crippen molar-refractivity contribution in [3.05, 3.63) is 33.6 Å². The molecule has 0 fully saturated rings. The summed E-state index contributed by atoms with van der Waals surface area (Å²) in [6.45, 7) is 4.50. The molecule has 18 heavy (non-hydrogen) atoms. The molecule has 1 aromatic heterocycles. The lowest BCUT2D eigenvalue weighted by molar-refractivity contribution is 0.340. The Morgan fingerprint density at radius 1 is 1.44 bits per heavy atom. The number of hydrogen-bond donors (Lipinski definition) is 0. The molecule has 2 rings (SSSR count). The van der Waals surface area contributed by atoms with E-state index in [2.05, 4.69) is 20.9 Å². The fourth-order valence-electron chi connectivity index (χ4n) is 1.69. The maximum atomic E-state index is 6.18. The summed E-state index contributed by atoms with van der Waals surface area (Å²) in [4.78, 5) is 4.51. The predicted octanol–water partition coefficient (Wildman–Crippen LogP) is 4.21. The zero-order valence-corrected chi connectivity index (χ0v) is 12.8. The normalized spacial score (nSPS) is 10.7. The fourth-order valence-corrected chi connectivity index (χ4v) is 2.50. The van der Waals surface area contributed by atoms with Crippen LogP contribution in [0.2, 0.25) is 5.02 Å². The Balaban J connectivity index is 2.45. The second-order valence-corrected chi connectivity index (χ2v) is 5.09. The van der Waals surface area contributed by atoms with Crippen molar-refractivity contribution in [3.63, 3.8) is 0 Å². The second kappa shape index (κ2) is 5.33. The van der Waals surface area contributed by atoms with Crippen molar-refractivity contribution in [2.45, 2.75) is 13.8 Å². The number of aromatic nitrogens is 2. The van der Waals surface area contributed by atoms with Crippen molar-refractivity contribution >= 4 is 27.5 Å². The van der Waals surface area contributed by atoms with E-state index in [1.807, 2.05) is 43.7 Å².